The highest BCUT2D eigenvalue weighted by Crippen LogP contribution is 2.43. The van der Waals surface area contributed by atoms with E-state index in [-0.39, 0.29) is 0 Å². The number of rotatable bonds is 2. The molecular formula is C10H14Cl2O4S2. The smallest absolute Gasteiger partial charge is 0.212 e. The SMILES string of the molecule is CC1=CC(C)(S(=O)(=O)Cl)C(S(=O)(=O)Cl)C(C)=C1C. The van der Waals surface area contributed by atoms with Gasteiger partial charge in [-0.25, -0.2) is 16.8 Å². The standard InChI is InChI=1S/C10H14Cl2O4S2/c1-6-5-10(4,18(12,15)16)9(17(11,13)14)8(3)7(6)2/h5,9H,1-4H3. The first kappa shape index (κ1) is 16.0. The fourth-order valence-corrected chi connectivity index (χ4v) is 6.65. The molecule has 2 unspecified atom stereocenters. The fraction of sp³-hybridized carbons (Fsp3) is 0.600. The summed E-state index contributed by atoms with van der Waals surface area (Å²) >= 11 is 0. The van der Waals surface area contributed by atoms with E-state index in [1.54, 1.807) is 20.8 Å². The lowest BCUT2D eigenvalue weighted by Crippen LogP contribution is -2.48. The van der Waals surface area contributed by atoms with Crippen molar-refractivity contribution in [1.29, 1.82) is 0 Å². The van der Waals surface area contributed by atoms with Crippen molar-refractivity contribution in [2.24, 2.45) is 0 Å². The van der Waals surface area contributed by atoms with Crippen LogP contribution in [0.25, 0.3) is 0 Å². The summed E-state index contributed by atoms with van der Waals surface area (Å²) in [4.78, 5) is 0. The Bertz CT molecular complexity index is 643. The van der Waals surface area contributed by atoms with Crippen LogP contribution in [-0.4, -0.2) is 26.8 Å². The monoisotopic (exact) mass is 332 g/mol. The number of allylic oxidation sites excluding steroid dienone is 2. The first-order valence-corrected chi connectivity index (χ1v) is 9.75. The summed E-state index contributed by atoms with van der Waals surface area (Å²) in [5.74, 6) is 0. The van der Waals surface area contributed by atoms with Crippen molar-refractivity contribution in [2.75, 3.05) is 0 Å². The predicted octanol–water partition coefficient (Wildman–Crippen LogP) is 2.55. The van der Waals surface area contributed by atoms with Gasteiger partial charge < -0.3 is 0 Å². The molecule has 0 aromatic heterocycles. The molecular weight excluding hydrogens is 319 g/mol. The van der Waals surface area contributed by atoms with Crippen molar-refractivity contribution in [3.05, 3.63) is 22.8 Å². The zero-order chi connectivity index (χ0) is 14.5. The van der Waals surface area contributed by atoms with Gasteiger partial charge >= 0.3 is 0 Å². The Hall–Kier alpha value is -0.0400. The molecule has 0 spiro atoms. The maximum Gasteiger partial charge on any atom is 0.243 e. The van der Waals surface area contributed by atoms with E-state index in [1.165, 1.54) is 13.0 Å². The van der Waals surface area contributed by atoms with Crippen LogP contribution >= 0.6 is 21.4 Å². The minimum absolute atomic E-state index is 0.400. The van der Waals surface area contributed by atoms with E-state index in [9.17, 15) is 16.8 Å². The van der Waals surface area contributed by atoms with Crippen LogP contribution in [0.5, 0.6) is 0 Å². The molecule has 0 saturated carbocycles. The van der Waals surface area contributed by atoms with Crippen LogP contribution in [0.2, 0.25) is 0 Å². The van der Waals surface area contributed by atoms with E-state index in [2.05, 4.69) is 0 Å². The summed E-state index contributed by atoms with van der Waals surface area (Å²) < 4.78 is 45.1. The first-order valence-electron chi connectivity index (χ1n) is 5.07. The lowest BCUT2D eigenvalue weighted by atomic mass is 9.86. The predicted molar refractivity (Wildman–Crippen MR) is 73.9 cm³/mol. The second-order valence-electron chi connectivity index (χ2n) is 4.61. The molecule has 18 heavy (non-hydrogen) atoms. The Kier molecular flexibility index (Phi) is 4.01. The zero-order valence-electron chi connectivity index (χ0n) is 10.4. The van der Waals surface area contributed by atoms with E-state index in [4.69, 9.17) is 21.4 Å². The minimum Gasteiger partial charge on any atom is -0.212 e. The largest absolute Gasteiger partial charge is 0.243 e. The number of hydrogen-bond donors (Lipinski definition) is 0. The quantitative estimate of drug-likeness (QED) is 0.728. The summed E-state index contributed by atoms with van der Waals surface area (Å²) in [5.41, 5.74) is 1.79. The van der Waals surface area contributed by atoms with Gasteiger partial charge in [-0.15, -0.1) is 0 Å². The van der Waals surface area contributed by atoms with Gasteiger partial charge in [-0.1, -0.05) is 11.6 Å². The van der Waals surface area contributed by atoms with Crippen LogP contribution in [0, 0.1) is 0 Å². The van der Waals surface area contributed by atoms with Crippen LogP contribution in [-0.2, 0) is 18.1 Å². The van der Waals surface area contributed by atoms with E-state index in [0.717, 1.165) is 0 Å². The molecule has 104 valence electrons. The maximum absolute atomic E-state index is 11.7. The average molecular weight is 333 g/mol. The summed E-state index contributed by atoms with van der Waals surface area (Å²) in [6.07, 6.45) is 1.35. The Morgan fingerprint density at radius 1 is 1.11 bits per heavy atom. The number of hydrogen-bond acceptors (Lipinski definition) is 4. The normalized spacial score (nSPS) is 30.3. The van der Waals surface area contributed by atoms with Crippen molar-refractivity contribution < 1.29 is 16.8 Å². The van der Waals surface area contributed by atoms with Gasteiger partial charge in [0.15, 0.2) is 0 Å². The van der Waals surface area contributed by atoms with Crippen LogP contribution in [0.3, 0.4) is 0 Å². The highest BCUT2D eigenvalue weighted by molar-refractivity contribution is 8.18. The van der Waals surface area contributed by atoms with Crippen LogP contribution < -0.4 is 0 Å². The highest BCUT2D eigenvalue weighted by atomic mass is 35.7. The Balaban J connectivity index is 3.74. The molecule has 0 aliphatic heterocycles. The topological polar surface area (TPSA) is 68.3 Å². The molecule has 8 heteroatoms. The molecule has 1 rings (SSSR count). The Labute approximate surface area is 117 Å². The molecule has 1 aliphatic carbocycles. The molecule has 4 nitrogen and oxygen atoms in total. The molecule has 0 aromatic rings. The van der Waals surface area contributed by atoms with Crippen LogP contribution in [0.4, 0.5) is 0 Å². The first-order chi connectivity index (χ1) is 7.82. The number of halogens is 2. The van der Waals surface area contributed by atoms with E-state index >= 15 is 0 Å². The molecule has 0 amide bonds. The summed E-state index contributed by atoms with van der Waals surface area (Å²) in [6, 6.07) is 0. The minimum atomic E-state index is -4.15. The van der Waals surface area contributed by atoms with Crippen LogP contribution in [0.15, 0.2) is 22.8 Å². The van der Waals surface area contributed by atoms with Gasteiger partial charge in [-0.05, 0) is 38.8 Å². The van der Waals surface area contributed by atoms with Crippen molar-refractivity contribution in [3.8, 4) is 0 Å². The van der Waals surface area contributed by atoms with Gasteiger partial charge in [0.1, 0.15) is 10.00 Å². The van der Waals surface area contributed by atoms with Crippen LogP contribution in [0.1, 0.15) is 27.7 Å². The lowest BCUT2D eigenvalue weighted by molar-refractivity contribution is 0.555. The van der Waals surface area contributed by atoms with Crippen molar-refractivity contribution >= 4 is 39.5 Å². The zero-order valence-corrected chi connectivity index (χ0v) is 13.5. The highest BCUT2D eigenvalue weighted by Gasteiger charge is 2.52. The summed E-state index contributed by atoms with van der Waals surface area (Å²) in [5, 5.41) is -1.38. The Morgan fingerprint density at radius 2 is 1.56 bits per heavy atom. The summed E-state index contributed by atoms with van der Waals surface area (Å²) in [6.45, 7) is 6.24. The molecule has 0 aromatic carbocycles. The molecule has 0 bridgehead atoms. The molecule has 0 fully saturated rings. The van der Waals surface area contributed by atoms with Crippen molar-refractivity contribution in [3.63, 3.8) is 0 Å². The van der Waals surface area contributed by atoms with E-state index in [0.29, 0.717) is 16.7 Å². The van der Waals surface area contributed by atoms with Gasteiger partial charge in [-0.2, -0.15) is 0 Å². The summed E-state index contributed by atoms with van der Waals surface area (Å²) in [7, 11) is 2.55. The van der Waals surface area contributed by atoms with Gasteiger partial charge in [0.05, 0.1) is 0 Å². The maximum atomic E-state index is 11.7. The fourth-order valence-electron chi connectivity index (χ4n) is 2.24. The van der Waals surface area contributed by atoms with E-state index in [1.807, 2.05) is 0 Å². The van der Waals surface area contributed by atoms with Gasteiger partial charge in [0, 0.05) is 21.4 Å². The molecule has 2 atom stereocenters. The average Bonchev–Trinajstić information content (AvgIpc) is 2.10. The van der Waals surface area contributed by atoms with Gasteiger partial charge in [0.2, 0.25) is 18.1 Å². The molecule has 0 heterocycles. The second-order valence-corrected chi connectivity index (χ2v) is 10.3. The second kappa shape index (κ2) is 4.51. The van der Waals surface area contributed by atoms with E-state index < -0.39 is 28.1 Å². The van der Waals surface area contributed by atoms with Gasteiger partial charge in [-0.3, -0.25) is 0 Å². The Morgan fingerprint density at radius 3 is 1.89 bits per heavy atom. The molecule has 1 aliphatic rings. The molecule has 0 saturated heterocycles. The third-order valence-corrected chi connectivity index (χ3v) is 7.90. The molecule has 0 N–H and O–H groups in total. The van der Waals surface area contributed by atoms with Gasteiger partial charge in [0.25, 0.3) is 0 Å². The lowest BCUT2D eigenvalue weighted by Gasteiger charge is -2.35. The van der Waals surface area contributed by atoms with Crippen molar-refractivity contribution in [1.82, 2.24) is 0 Å². The van der Waals surface area contributed by atoms with Crippen molar-refractivity contribution in [2.45, 2.75) is 37.7 Å². The molecule has 0 radical (unpaired) electrons. The third kappa shape index (κ3) is 2.48. The third-order valence-electron chi connectivity index (χ3n) is 3.41.